The molecule has 0 bridgehead atoms. The van der Waals surface area contributed by atoms with Crippen LogP contribution in [-0.4, -0.2) is 5.33 Å². The van der Waals surface area contributed by atoms with Gasteiger partial charge < -0.3 is 0 Å². The van der Waals surface area contributed by atoms with Crippen molar-refractivity contribution in [3.05, 3.63) is 0 Å². The highest BCUT2D eigenvalue weighted by atomic mass is 79.9. The standard InChI is InChI=1S/C20H41Br.H3P/c1-4-7-15-20(16-8-5-2,17-9-6-3)18-13-11-10-12-14-19-21;/h4-19H2,1-3H3;1H3. The summed E-state index contributed by atoms with van der Waals surface area (Å²) in [5, 5.41) is 1.18. The van der Waals surface area contributed by atoms with Crippen LogP contribution in [0, 0.1) is 5.41 Å². The molecule has 0 saturated heterocycles. The minimum absolute atomic E-state index is 0. The first-order valence-corrected chi connectivity index (χ1v) is 10.9. The highest BCUT2D eigenvalue weighted by Gasteiger charge is 2.27. The Bertz CT molecular complexity index is 184. The van der Waals surface area contributed by atoms with Crippen LogP contribution in [0.25, 0.3) is 0 Å². The van der Waals surface area contributed by atoms with Gasteiger partial charge in [-0.1, -0.05) is 101 Å². The van der Waals surface area contributed by atoms with Gasteiger partial charge in [-0.3, -0.25) is 0 Å². The molecular formula is C20H44BrP. The van der Waals surface area contributed by atoms with E-state index in [0.717, 1.165) is 0 Å². The van der Waals surface area contributed by atoms with Crippen molar-refractivity contribution in [1.82, 2.24) is 0 Å². The first-order valence-electron chi connectivity index (χ1n) is 9.80. The van der Waals surface area contributed by atoms with E-state index in [1.807, 2.05) is 0 Å². The van der Waals surface area contributed by atoms with Gasteiger partial charge in [-0.2, -0.15) is 9.90 Å². The molecule has 22 heavy (non-hydrogen) atoms. The van der Waals surface area contributed by atoms with E-state index < -0.39 is 0 Å². The lowest BCUT2D eigenvalue weighted by molar-refractivity contribution is 0.176. The summed E-state index contributed by atoms with van der Waals surface area (Å²) in [6, 6.07) is 0. The van der Waals surface area contributed by atoms with E-state index in [1.165, 1.54) is 102 Å². The smallest absolute Gasteiger partial charge is 0.00313 e. The van der Waals surface area contributed by atoms with Gasteiger partial charge in [0.05, 0.1) is 0 Å². The molecule has 0 aliphatic rings. The van der Waals surface area contributed by atoms with Crippen molar-refractivity contribution >= 4 is 25.8 Å². The van der Waals surface area contributed by atoms with Crippen LogP contribution in [0.2, 0.25) is 0 Å². The summed E-state index contributed by atoms with van der Waals surface area (Å²) in [4.78, 5) is 0. The van der Waals surface area contributed by atoms with Gasteiger partial charge in [0.15, 0.2) is 0 Å². The normalized spacial score (nSPS) is 11.5. The molecule has 1 atom stereocenters. The van der Waals surface area contributed by atoms with Crippen LogP contribution in [-0.2, 0) is 0 Å². The Morgan fingerprint density at radius 3 is 1.32 bits per heavy atom. The average molecular weight is 395 g/mol. The molecule has 0 aliphatic heterocycles. The zero-order valence-electron chi connectivity index (χ0n) is 15.9. The van der Waals surface area contributed by atoms with Gasteiger partial charge in [0.1, 0.15) is 0 Å². The Balaban J connectivity index is 0. The molecule has 0 aliphatic carbocycles. The third-order valence-electron chi connectivity index (χ3n) is 5.02. The van der Waals surface area contributed by atoms with Crippen molar-refractivity contribution < 1.29 is 0 Å². The van der Waals surface area contributed by atoms with Crippen LogP contribution in [0.4, 0.5) is 0 Å². The summed E-state index contributed by atoms with van der Waals surface area (Å²) >= 11 is 3.54. The molecule has 136 valence electrons. The van der Waals surface area contributed by atoms with Crippen LogP contribution in [0.5, 0.6) is 0 Å². The number of halogens is 1. The molecular weight excluding hydrogens is 351 g/mol. The molecule has 0 saturated carbocycles. The van der Waals surface area contributed by atoms with E-state index in [1.54, 1.807) is 0 Å². The number of hydrogen-bond acceptors (Lipinski definition) is 0. The second-order valence-electron chi connectivity index (χ2n) is 7.02. The first kappa shape index (κ1) is 25.2. The minimum Gasteiger partial charge on any atom is -0.153 e. The van der Waals surface area contributed by atoms with Crippen molar-refractivity contribution in [3.8, 4) is 0 Å². The van der Waals surface area contributed by atoms with Crippen LogP contribution in [0.1, 0.15) is 117 Å². The summed E-state index contributed by atoms with van der Waals surface area (Å²) in [5.74, 6) is 0. The molecule has 0 aromatic heterocycles. The van der Waals surface area contributed by atoms with Crippen LogP contribution in [0.3, 0.4) is 0 Å². The van der Waals surface area contributed by atoms with Gasteiger partial charge in [-0.25, -0.2) is 0 Å². The molecule has 0 spiro atoms. The average Bonchev–Trinajstić information content (AvgIpc) is 2.51. The van der Waals surface area contributed by atoms with Crippen LogP contribution < -0.4 is 0 Å². The van der Waals surface area contributed by atoms with E-state index >= 15 is 0 Å². The molecule has 1 unspecified atom stereocenters. The Kier molecular flexibility index (Phi) is 20.9. The molecule has 2 heteroatoms. The second-order valence-corrected chi connectivity index (χ2v) is 7.81. The summed E-state index contributed by atoms with van der Waals surface area (Å²) in [7, 11) is 0. The zero-order valence-corrected chi connectivity index (χ0v) is 18.9. The lowest BCUT2D eigenvalue weighted by Crippen LogP contribution is -2.21. The summed E-state index contributed by atoms with van der Waals surface area (Å²) < 4.78 is 0. The van der Waals surface area contributed by atoms with Gasteiger partial charge in [-0.15, -0.1) is 0 Å². The summed E-state index contributed by atoms with van der Waals surface area (Å²) in [5.41, 5.74) is 0.692. The lowest BCUT2D eigenvalue weighted by atomic mass is 9.71. The first-order chi connectivity index (χ1) is 10.2. The Morgan fingerprint density at radius 2 is 0.909 bits per heavy atom. The topological polar surface area (TPSA) is 0 Å². The zero-order chi connectivity index (χ0) is 15.8. The Morgan fingerprint density at radius 1 is 0.545 bits per heavy atom. The quantitative estimate of drug-likeness (QED) is 0.140. The third kappa shape index (κ3) is 13.4. The van der Waals surface area contributed by atoms with Crippen LogP contribution in [0.15, 0.2) is 0 Å². The maximum atomic E-state index is 3.54. The summed E-state index contributed by atoms with van der Waals surface area (Å²) in [6.45, 7) is 7.06. The predicted octanol–water partition coefficient (Wildman–Crippen LogP) is 8.34. The van der Waals surface area contributed by atoms with Crippen molar-refractivity contribution in [2.24, 2.45) is 5.41 Å². The van der Waals surface area contributed by atoms with Crippen molar-refractivity contribution in [2.45, 2.75) is 117 Å². The van der Waals surface area contributed by atoms with E-state index in [0.29, 0.717) is 5.41 Å². The molecule has 0 rings (SSSR count). The molecule has 0 fully saturated rings. The van der Waals surface area contributed by atoms with E-state index in [-0.39, 0.29) is 9.90 Å². The minimum atomic E-state index is 0. The SMILES string of the molecule is CCCCC(CCCC)(CCCC)CCCCCCCBr.P. The fraction of sp³-hybridized carbons (Fsp3) is 1.00. The van der Waals surface area contributed by atoms with Crippen molar-refractivity contribution in [1.29, 1.82) is 0 Å². The van der Waals surface area contributed by atoms with Crippen LogP contribution >= 0.6 is 25.8 Å². The van der Waals surface area contributed by atoms with Gasteiger partial charge in [-0.05, 0) is 37.5 Å². The second kappa shape index (κ2) is 18.3. The molecule has 0 N–H and O–H groups in total. The van der Waals surface area contributed by atoms with Crippen molar-refractivity contribution in [2.75, 3.05) is 5.33 Å². The van der Waals surface area contributed by atoms with Gasteiger partial charge in [0.25, 0.3) is 0 Å². The lowest BCUT2D eigenvalue weighted by Gasteiger charge is -2.35. The molecule has 0 aromatic rings. The molecule has 0 amide bonds. The van der Waals surface area contributed by atoms with E-state index in [9.17, 15) is 0 Å². The molecule has 0 heterocycles. The van der Waals surface area contributed by atoms with Gasteiger partial charge >= 0.3 is 0 Å². The summed E-state index contributed by atoms with van der Waals surface area (Å²) in [6.07, 6.45) is 21.5. The molecule has 0 radical (unpaired) electrons. The van der Waals surface area contributed by atoms with Crippen molar-refractivity contribution in [3.63, 3.8) is 0 Å². The number of rotatable bonds is 16. The highest BCUT2D eigenvalue weighted by molar-refractivity contribution is 9.09. The van der Waals surface area contributed by atoms with E-state index in [4.69, 9.17) is 0 Å². The maximum Gasteiger partial charge on any atom is 0.00313 e. The maximum absolute atomic E-state index is 3.54. The monoisotopic (exact) mass is 394 g/mol. The molecule has 0 nitrogen and oxygen atoms in total. The fourth-order valence-electron chi connectivity index (χ4n) is 3.53. The van der Waals surface area contributed by atoms with Gasteiger partial charge in [0.2, 0.25) is 0 Å². The molecule has 0 aromatic carbocycles. The van der Waals surface area contributed by atoms with E-state index in [2.05, 4.69) is 36.7 Å². The fourth-order valence-corrected chi connectivity index (χ4v) is 3.93. The highest BCUT2D eigenvalue weighted by Crippen LogP contribution is 2.41. The third-order valence-corrected chi connectivity index (χ3v) is 5.58. The Hall–Kier alpha value is 0.910. The number of hydrogen-bond donors (Lipinski definition) is 0. The largest absolute Gasteiger partial charge is 0.153 e. The number of unbranched alkanes of at least 4 members (excludes halogenated alkanes) is 7. The Labute approximate surface area is 153 Å². The van der Waals surface area contributed by atoms with Gasteiger partial charge in [0, 0.05) is 5.33 Å². The number of alkyl halides is 1. The predicted molar refractivity (Wildman–Crippen MR) is 114 cm³/mol.